The lowest BCUT2D eigenvalue weighted by Gasteiger charge is -2.18. The van der Waals surface area contributed by atoms with E-state index in [1.165, 1.54) is 0 Å². The third-order valence-corrected chi connectivity index (χ3v) is 3.02. The van der Waals surface area contributed by atoms with Crippen LogP contribution < -0.4 is 11.1 Å². The molecule has 0 radical (unpaired) electrons. The van der Waals surface area contributed by atoms with Crippen molar-refractivity contribution in [3.8, 4) is 0 Å². The van der Waals surface area contributed by atoms with Gasteiger partial charge in [0.05, 0.1) is 6.04 Å². The standard InChI is InChI=1S/C14H18N4O/c1-2-11(13-16-8-9-17-13)18-14(19)12(15)10-6-4-3-5-7-10/h3-9,11-12H,2,15H2,1H3,(H,16,17)(H,18,19). The highest BCUT2D eigenvalue weighted by atomic mass is 16.2. The highest BCUT2D eigenvalue weighted by Crippen LogP contribution is 2.15. The number of aromatic amines is 1. The molecule has 0 saturated heterocycles. The van der Waals surface area contributed by atoms with Crippen LogP contribution in [0.15, 0.2) is 42.7 Å². The van der Waals surface area contributed by atoms with Gasteiger partial charge >= 0.3 is 0 Å². The van der Waals surface area contributed by atoms with Crippen LogP contribution in [0.5, 0.6) is 0 Å². The molecular formula is C14H18N4O. The van der Waals surface area contributed by atoms with Crippen molar-refractivity contribution in [2.45, 2.75) is 25.4 Å². The Hall–Kier alpha value is -2.14. The molecule has 0 saturated carbocycles. The maximum Gasteiger partial charge on any atom is 0.242 e. The average Bonchev–Trinajstić information content (AvgIpc) is 2.98. The number of carbonyl (C=O) groups excluding carboxylic acids is 1. The highest BCUT2D eigenvalue weighted by molar-refractivity contribution is 5.83. The summed E-state index contributed by atoms with van der Waals surface area (Å²) in [6.07, 6.45) is 4.16. The summed E-state index contributed by atoms with van der Waals surface area (Å²) < 4.78 is 0. The normalized spacial score (nSPS) is 13.8. The van der Waals surface area contributed by atoms with Crippen LogP contribution in [0.3, 0.4) is 0 Å². The maximum atomic E-state index is 12.1. The van der Waals surface area contributed by atoms with Gasteiger partial charge in [0, 0.05) is 12.4 Å². The molecule has 2 unspecified atom stereocenters. The molecule has 2 atom stereocenters. The van der Waals surface area contributed by atoms with Gasteiger partial charge in [0.1, 0.15) is 11.9 Å². The third kappa shape index (κ3) is 3.20. The minimum atomic E-state index is -0.662. The molecule has 0 aliphatic heterocycles. The van der Waals surface area contributed by atoms with Crippen molar-refractivity contribution in [3.05, 3.63) is 54.1 Å². The van der Waals surface area contributed by atoms with Crippen LogP contribution in [0.4, 0.5) is 0 Å². The van der Waals surface area contributed by atoms with Crippen LogP contribution in [0.25, 0.3) is 0 Å². The van der Waals surface area contributed by atoms with Gasteiger partial charge in [-0.1, -0.05) is 37.3 Å². The minimum Gasteiger partial charge on any atom is -0.347 e. The quantitative estimate of drug-likeness (QED) is 0.763. The van der Waals surface area contributed by atoms with Gasteiger partial charge in [-0.2, -0.15) is 0 Å². The predicted molar refractivity (Wildman–Crippen MR) is 73.1 cm³/mol. The van der Waals surface area contributed by atoms with Crippen molar-refractivity contribution in [1.29, 1.82) is 0 Å². The summed E-state index contributed by atoms with van der Waals surface area (Å²) in [6, 6.07) is 8.52. The molecular weight excluding hydrogens is 240 g/mol. The Morgan fingerprint density at radius 2 is 2.16 bits per heavy atom. The van der Waals surface area contributed by atoms with Crippen LogP contribution in [-0.4, -0.2) is 15.9 Å². The molecule has 0 aliphatic rings. The number of carbonyl (C=O) groups is 1. The van der Waals surface area contributed by atoms with Crippen LogP contribution in [-0.2, 0) is 4.79 Å². The Kier molecular flexibility index (Phi) is 4.30. The van der Waals surface area contributed by atoms with Crippen molar-refractivity contribution < 1.29 is 4.79 Å². The van der Waals surface area contributed by atoms with Gasteiger partial charge in [0.2, 0.25) is 5.91 Å². The van der Waals surface area contributed by atoms with Crippen LogP contribution in [0.1, 0.15) is 36.8 Å². The minimum absolute atomic E-state index is 0.141. The summed E-state index contributed by atoms with van der Waals surface area (Å²) in [5.41, 5.74) is 6.75. The molecule has 0 aliphatic carbocycles. The van der Waals surface area contributed by atoms with Gasteiger partial charge in [-0.25, -0.2) is 4.98 Å². The molecule has 5 heteroatoms. The Morgan fingerprint density at radius 1 is 1.42 bits per heavy atom. The molecule has 1 aromatic heterocycles. The first-order valence-corrected chi connectivity index (χ1v) is 6.32. The summed E-state index contributed by atoms with van der Waals surface area (Å²) in [7, 11) is 0. The number of imidazole rings is 1. The van der Waals surface area contributed by atoms with E-state index in [1.54, 1.807) is 12.4 Å². The number of hydrogen-bond acceptors (Lipinski definition) is 3. The number of nitrogens with one attached hydrogen (secondary N) is 2. The summed E-state index contributed by atoms with van der Waals surface area (Å²) in [6.45, 7) is 1.99. The first kappa shape index (κ1) is 13.3. The van der Waals surface area contributed by atoms with E-state index >= 15 is 0 Å². The Bertz CT molecular complexity index is 510. The lowest BCUT2D eigenvalue weighted by Crippen LogP contribution is -2.36. The van der Waals surface area contributed by atoms with Gasteiger partial charge < -0.3 is 16.0 Å². The van der Waals surface area contributed by atoms with Gasteiger partial charge in [-0.3, -0.25) is 4.79 Å². The number of nitrogens with two attached hydrogens (primary N) is 1. The van der Waals surface area contributed by atoms with Crippen molar-refractivity contribution >= 4 is 5.91 Å². The van der Waals surface area contributed by atoms with Gasteiger partial charge in [-0.05, 0) is 12.0 Å². The van der Waals surface area contributed by atoms with E-state index in [4.69, 9.17) is 5.73 Å². The Morgan fingerprint density at radius 3 is 2.74 bits per heavy atom. The summed E-state index contributed by atoms with van der Waals surface area (Å²) in [4.78, 5) is 19.3. The van der Waals surface area contributed by atoms with Crippen LogP contribution in [0.2, 0.25) is 0 Å². The van der Waals surface area contributed by atoms with E-state index < -0.39 is 6.04 Å². The monoisotopic (exact) mass is 258 g/mol. The number of hydrogen-bond donors (Lipinski definition) is 3. The van der Waals surface area contributed by atoms with Crippen molar-refractivity contribution in [1.82, 2.24) is 15.3 Å². The van der Waals surface area contributed by atoms with Crippen molar-refractivity contribution in [2.24, 2.45) is 5.73 Å². The zero-order valence-electron chi connectivity index (χ0n) is 10.8. The summed E-state index contributed by atoms with van der Waals surface area (Å²) in [5.74, 6) is 0.547. The molecule has 2 rings (SSSR count). The van der Waals surface area contributed by atoms with E-state index in [2.05, 4.69) is 15.3 Å². The number of amides is 1. The molecule has 1 amide bonds. The maximum absolute atomic E-state index is 12.1. The zero-order chi connectivity index (χ0) is 13.7. The van der Waals surface area contributed by atoms with E-state index in [1.807, 2.05) is 37.3 Å². The van der Waals surface area contributed by atoms with Crippen LogP contribution in [0, 0.1) is 0 Å². The molecule has 100 valence electrons. The number of nitrogens with zero attached hydrogens (tertiary/aromatic N) is 1. The lowest BCUT2D eigenvalue weighted by atomic mass is 10.1. The smallest absolute Gasteiger partial charge is 0.242 e. The fourth-order valence-electron chi connectivity index (χ4n) is 1.91. The Balaban J connectivity index is 2.04. The van der Waals surface area contributed by atoms with Gasteiger partial charge in [0.15, 0.2) is 0 Å². The van der Waals surface area contributed by atoms with E-state index in [9.17, 15) is 4.79 Å². The highest BCUT2D eigenvalue weighted by Gasteiger charge is 2.20. The molecule has 4 N–H and O–H groups in total. The lowest BCUT2D eigenvalue weighted by molar-refractivity contribution is -0.123. The molecule has 5 nitrogen and oxygen atoms in total. The third-order valence-electron chi connectivity index (χ3n) is 3.02. The summed E-state index contributed by atoms with van der Waals surface area (Å²) in [5, 5.41) is 2.91. The Labute approximate surface area is 112 Å². The SMILES string of the molecule is CCC(NC(=O)C(N)c1ccccc1)c1ncc[nH]1. The molecule has 2 aromatic rings. The topological polar surface area (TPSA) is 83.8 Å². The molecule has 1 heterocycles. The number of H-pyrrole nitrogens is 1. The van der Waals surface area contributed by atoms with E-state index in [-0.39, 0.29) is 11.9 Å². The van der Waals surface area contributed by atoms with Crippen LogP contribution >= 0.6 is 0 Å². The number of rotatable bonds is 5. The van der Waals surface area contributed by atoms with Crippen molar-refractivity contribution in [3.63, 3.8) is 0 Å². The average molecular weight is 258 g/mol. The first-order valence-electron chi connectivity index (χ1n) is 6.32. The van der Waals surface area contributed by atoms with Crippen molar-refractivity contribution in [2.75, 3.05) is 0 Å². The number of benzene rings is 1. The molecule has 0 spiro atoms. The molecule has 19 heavy (non-hydrogen) atoms. The fraction of sp³-hybridized carbons (Fsp3) is 0.286. The second-order valence-electron chi connectivity index (χ2n) is 4.33. The molecule has 0 fully saturated rings. The second kappa shape index (κ2) is 6.15. The van der Waals surface area contributed by atoms with Gasteiger partial charge in [-0.15, -0.1) is 0 Å². The van der Waals surface area contributed by atoms with Gasteiger partial charge in [0.25, 0.3) is 0 Å². The second-order valence-corrected chi connectivity index (χ2v) is 4.33. The van der Waals surface area contributed by atoms with E-state index in [0.29, 0.717) is 0 Å². The number of aromatic nitrogens is 2. The fourth-order valence-corrected chi connectivity index (χ4v) is 1.91. The van der Waals surface area contributed by atoms with E-state index in [0.717, 1.165) is 17.8 Å². The molecule has 0 bridgehead atoms. The largest absolute Gasteiger partial charge is 0.347 e. The zero-order valence-corrected chi connectivity index (χ0v) is 10.8. The first-order chi connectivity index (χ1) is 9.22. The summed E-state index contributed by atoms with van der Waals surface area (Å²) >= 11 is 0. The predicted octanol–water partition coefficient (Wildman–Crippen LogP) is 1.68. The molecule has 1 aromatic carbocycles.